The van der Waals surface area contributed by atoms with Crippen LogP contribution in [0.5, 0.6) is 5.75 Å². The van der Waals surface area contributed by atoms with Crippen molar-refractivity contribution >= 4 is 12.2 Å². The number of hydrogen-bond acceptors (Lipinski definition) is 5. The van der Waals surface area contributed by atoms with E-state index in [2.05, 4.69) is 0 Å². The SMILES string of the molecule is CC(C)(C)OC(=O)N1CCc2c(cccc2OCC2CCCN2C(=O)OCc2ccccc2)C1. The Balaban J connectivity index is 1.33. The lowest BCUT2D eigenvalue weighted by Crippen LogP contribution is -2.40. The summed E-state index contributed by atoms with van der Waals surface area (Å²) in [6, 6.07) is 15.6. The summed E-state index contributed by atoms with van der Waals surface area (Å²) < 4.78 is 17.3. The van der Waals surface area contributed by atoms with Gasteiger partial charge in [-0.25, -0.2) is 9.59 Å². The second kappa shape index (κ2) is 10.4. The van der Waals surface area contributed by atoms with Crippen molar-refractivity contribution < 1.29 is 23.8 Å². The molecular weight excluding hydrogens is 432 g/mol. The Kier molecular flexibility index (Phi) is 7.29. The van der Waals surface area contributed by atoms with Gasteiger partial charge in [-0.1, -0.05) is 42.5 Å². The molecule has 0 aliphatic carbocycles. The van der Waals surface area contributed by atoms with Gasteiger partial charge >= 0.3 is 12.2 Å². The predicted molar refractivity (Wildman–Crippen MR) is 129 cm³/mol. The summed E-state index contributed by atoms with van der Waals surface area (Å²) in [5.41, 5.74) is 2.65. The molecule has 7 nitrogen and oxygen atoms in total. The molecule has 2 aliphatic rings. The van der Waals surface area contributed by atoms with E-state index < -0.39 is 5.60 Å². The second-order valence-electron chi connectivity index (χ2n) is 9.89. The van der Waals surface area contributed by atoms with Gasteiger partial charge in [-0.3, -0.25) is 0 Å². The predicted octanol–water partition coefficient (Wildman–Crippen LogP) is 5.16. The highest BCUT2D eigenvalue weighted by Crippen LogP contribution is 2.30. The Morgan fingerprint density at radius 3 is 2.56 bits per heavy atom. The summed E-state index contributed by atoms with van der Waals surface area (Å²) in [4.78, 5) is 28.7. The highest BCUT2D eigenvalue weighted by Gasteiger charge is 2.31. The molecule has 0 saturated carbocycles. The number of fused-ring (bicyclic) bond motifs is 1. The Labute approximate surface area is 201 Å². The maximum atomic E-state index is 12.7. The summed E-state index contributed by atoms with van der Waals surface area (Å²) in [5, 5.41) is 0. The number of benzene rings is 2. The molecule has 1 fully saturated rings. The maximum absolute atomic E-state index is 12.7. The molecule has 182 valence electrons. The molecule has 2 aromatic carbocycles. The minimum Gasteiger partial charge on any atom is -0.491 e. The molecule has 2 aliphatic heterocycles. The molecule has 2 amide bonds. The third-order valence-corrected chi connectivity index (χ3v) is 6.12. The van der Waals surface area contributed by atoms with Crippen molar-refractivity contribution in [2.75, 3.05) is 19.7 Å². The first-order valence-electron chi connectivity index (χ1n) is 12.0. The molecule has 1 unspecified atom stereocenters. The van der Waals surface area contributed by atoms with Gasteiger partial charge in [0.25, 0.3) is 0 Å². The van der Waals surface area contributed by atoms with Gasteiger partial charge in [-0.15, -0.1) is 0 Å². The molecule has 7 heteroatoms. The average Bonchev–Trinajstić information content (AvgIpc) is 3.29. The Morgan fingerprint density at radius 2 is 1.79 bits per heavy atom. The van der Waals surface area contributed by atoms with Crippen LogP contribution in [0.2, 0.25) is 0 Å². The first-order valence-corrected chi connectivity index (χ1v) is 12.0. The van der Waals surface area contributed by atoms with Crippen LogP contribution in [0, 0.1) is 0 Å². The van der Waals surface area contributed by atoms with Gasteiger partial charge in [0.05, 0.1) is 6.04 Å². The van der Waals surface area contributed by atoms with E-state index in [1.807, 2.05) is 69.3 Å². The lowest BCUT2D eigenvalue weighted by Gasteiger charge is -2.32. The number of carbonyl (C=O) groups excluding carboxylic acids is 2. The fourth-order valence-corrected chi connectivity index (χ4v) is 4.43. The van der Waals surface area contributed by atoms with Crippen molar-refractivity contribution in [2.24, 2.45) is 0 Å². The quantitative estimate of drug-likeness (QED) is 0.609. The van der Waals surface area contributed by atoms with Crippen LogP contribution in [0.4, 0.5) is 9.59 Å². The Morgan fingerprint density at radius 1 is 1.00 bits per heavy atom. The zero-order valence-corrected chi connectivity index (χ0v) is 20.3. The lowest BCUT2D eigenvalue weighted by atomic mass is 9.99. The van der Waals surface area contributed by atoms with E-state index in [-0.39, 0.29) is 24.8 Å². The monoisotopic (exact) mass is 466 g/mol. The van der Waals surface area contributed by atoms with Crippen LogP contribution in [-0.2, 0) is 29.0 Å². The molecule has 1 saturated heterocycles. The van der Waals surface area contributed by atoms with Crippen LogP contribution in [0.25, 0.3) is 0 Å². The van der Waals surface area contributed by atoms with Gasteiger partial charge in [-0.2, -0.15) is 0 Å². The zero-order valence-electron chi connectivity index (χ0n) is 20.3. The molecule has 4 rings (SSSR count). The van der Waals surface area contributed by atoms with E-state index >= 15 is 0 Å². The molecule has 0 spiro atoms. The van der Waals surface area contributed by atoms with Gasteiger partial charge < -0.3 is 24.0 Å². The highest BCUT2D eigenvalue weighted by molar-refractivity contribution is 5.69. The van der Waals surface area contributed by atoms with Gasteiger partial charge in [0, 0.05) is 25.2 Å². The third kappa shape index (κ3) is 6.01. The molecule has 34 heavy (non-hydrogen) atoms. The third-order valence-electron chi connectivity index (χ3n) is 6.12. The summed E-state index contributed by atoms with van der Waals surface area (Å²) in [6.45, 7) is 8.08. The van der Waals surface area contributed by atoms with Crippen molar-refractivity contribution in [3.8, 4) is 5.75 Å². The van der Waals surface area contributed by atoms with E-state index in [0.29, 0.717) is 32.7 Å². The number of carbonyl (C=O) groups is 2. The van der Waals surface area contributed by atoms with Crippen LogP contribution in [0.1, 0.15) is 50.3 Å². The highest BCUT2D eigenvalue weighted by atomic mass is 16.6. The summed E-state index contributed by atoms with van der Waals surface area (Å²) in [7, 11) is 0. The number of ether oxygens (including phenoxy) is 3. The largest absolute Gasteiger partial charge is 0.491 e. The van der Waals surface area contributed by atoms with E-state index in [0.717, 1.165) is 35.3 Å². The zero-order chi connectivity index (χ0) is 24.1. The van der Waals surface area contributed by atoms with Crippen molar-refractivity contribution in [2.45, 2.75) is 64.8 Å². The number of hydrogen-bond donors (Lipinski definition) is 0. The van der Waals surface area contributed by atoms with Gasteiger partial charge in [0.2, 0.25) is 0 Å². The average molecular weight is 467 g/mol. The van der Waals surface area contributed by atoms with Crippen LogP contribution in [-0.4, -0.2) is 53.3 Å². The molecule has 1 atom stereocenters. The fourth-order valence-electron chi connectivity index (χ4n) is 4.43. The first-order chi connectivity index (χ1) is 16.3. The van der Waals surface area contributed by atoms with Gasteiger partial charge in [0.15, 0.2) is 0 Å². The summed E-state index contributed by atoms with van der Waals surface area (Å²) in [5.74, 6) is 0.825. The van der Waals surface area contributed by atoms with Crippen LogP contribution in [0.15, 0.2) is 48.5 Å². The second-order valence-corrected chi connectivity index (χ2v) is 9.89. The van der Waals surface area contributed by atoms with Crippen molar-refractivity contribution in [3.63, 3.8) is 0 Å². The Hall–Kier alpha value is -3.22. The maximum Gasteiger partial charge on any atom is 0.410 e. The molecule has 0 bridgehead atoms. The number of nitrogens with zero attached hydrogens (tertiary/aromatic N) is 2. The number of rotatable bonds is 5. The molecule has 0 radical (unpaired) electrons. The molecule has 0 N–H and O–H groups in total. The van der Waals surface area contributed by atoms with E-state index in [9.17, 15) is 9.59 Å². The smallest absolute Gasteiger partial charge is 0.410 e. The lowest BCUT2D eigenvalue weighted by molar-refractivity contribution is 0.0223. The molecular formula is C27H34N2O5. The van der Waals surface area contributed by atoms with E-state index in [1.165, 1.54) is 0 Å². The summed E-state index contributed by atoms with van der Waals surface area (Å²) in [6.07, 6.45) is 1.95. The Bertz CT molecular complexity index is 1000. The molecule has 0 aromatic heterocycles. The van der Waals surface area contributed by atoms with E-state index in [4.69, 9.17) is 14.2 Å². The molecule has 2 aromatic rings. The standard InChI is InChI=1S/C27H34N2O5/c1-27(2,3)34-25(30)28-16-14-23-21(17-28)11-7-13-24(23)32-19-22-12-8-15-29(22)26(31)33-18-20-9-5-4-6-10-20/h4-7,9-11,13,22H,8,12,14-19H2,1-3H3. The molecule has 2 heterocycles. The fraction of sp³-hybridized carbons (Fsp3) is 0.481. The van der Waals surface area contributed by atoms with Crippen LogP contribution in [0.3, 0.4) is 0 Å². The minimum atomic E-state index is -0.516. The number of amides is 2. The van der Waals surface area contributed by atoms with Crippen molar-refractivity contribution in [1.82, 2.24) is 9.80 Å². The topological polar surface area (TPSA) is 68.3 Å². The first kappa shape index (κ1) is 23.9. The van der Waals surface area contributed by atoms with Gasteiger partial charge in [-0.05, 0) is 57.2 Å². The van der Waals surface area contributed by atoms with Crippen LogP contribution >= 0.6 is 0 Å². The van der Waals surface area contributed by atoms with Crippen molar-refractivity contribution in [1.29, 1.82) is 0 Å². The van der Waals surface area contributed by atoms with Gasteiger partial charge in [0.1, 0.15) is 24.6 Å². The van der Waals surface area contributed by atoms with Crippen LogP contribution < -0.4 is 4.74 Å². The number of likely N-dealkylation sites (tertiary alicyclic amines) is 1. The normalized spacial score (nSPS) is 17.8. The van der Waals surface area contributed by atoms with E-state index in [1.54, 1.807) is 9.80 Å². The minimum absolute atomic E-state index is 0.0130. The summed E-state index contributed by atoms with van der Waals surface area (Å²) >= 11 is 0. The van der Waals surface area contributed by atoms with Crippen molar-refractivity contribution in [3.05, 3.63) is 65.2 Å².